The number of hydrogen-bond acceptors (Lipinski definition) is 13. The average molecular weight is 921 g/mol. The van der Waals surface area contributed by atoms with Crippen LogP contribution < -0.4 is 5.32 Å². The zero-order valence-electron chi connectivity index (χ0n) is 38.3. The second-order valence-corrected chi connectivity index (χ2v) is 18.0. The Morgan fingerprint density at radius 2 is 1.19 bits per heavy atom. The van der Waals surface area contributed by atoms with E-state index in [4.69, 9.17) is 20.5 Å². The molecule has 2 aromatic heterocycles. The molecule has 0 bridgehead atoms. The Morgan fingerprint density at radius 1 is 0.730 bits per heavy atom. The van der Waals surface area contributed by atoms with E-state index in [9.17, 15) is 24.0 Å². The van der Waals surface area contributed by atoms with Crippen molar-refractivity contribution in [2.24, 2.45) is 33.9 Å². The van der Waals surface area contributed by atoms with Crippen molar-refractivity contribution in [3.8, 4) is 0 Å². The van der Waals surface area contributed by atoms with Crippen LogP contribution in [0.2, 0.25) is 0 Å². The lowest BCUT2D eigenvalue weighted by atomic mass is 9.90. The lowest BCUT2D eigenvalue weighted by Crippen LogP contribution is -2.50. The maximum absolute atomic E-state index is 13.7. The predicted molar refractivity (Wildman–Crippen MR) is 253 cm³/mol. The van der Waals surface area contributed by atoms with Gasteiger partial charge in [0.25, 0.3) is 0 Å². The third kappa shape index (κ3) is 19.4. The van der Waals surface area contributed by atoms with Crippen LogP contribution in [0, 0.1) is 23.7 Å². The highest BCUT2D eigenvalue weighted by Gasteiger charge is 2.35. The normalized spacial score (nSPS) is 14.5. The van der Waals surface area contributed by atoms with Gasteiger partial charge in [-0.25, -0.2) is 19.6 Å². The van der Waals surface area contributed by atoms with Crippen molar-refractivity contribution in [2.45, 2.75) is 172 Å². The lowest BCUT2D eigenvalue weighted by molar-refractivity contribution is -0.138. The van der Waals surface area contributed by atoms with Crippen molar-refractivity contribution < 1.29 is 33.4 Å². The molecule has 2 aromatic rings. The molecule has 0 saturated heterocycles. The number of ketones is 1. The number of methoxy groups -OCH3 is 2. The first kappa shape index (κ1) is 60.5. The number of nitrogens with one attached hydrogen (secondary N) is 1. The monoisotopic (exact) mass is 921 g/mol. The molecular weight excluding hydrogens is 845 g/mol. The average Bonchev–Trinajstić information content (AvgIpc) is 3.95. The van der Waals surface area contributed by atoms with E-state index < -0.39 is 24.0 Å². The van der Waals surface area contributed by atoms with Gasteiger partial charge in [-0.2, -0.15) is 0 Å². The van der Waals surface area contributed by atoms with Crippen LogP contribution in [0.4, 0.5) is 0 Å². The van der Waals surface area contributed by atoms with E-state index >= 15 is 0 Å². The van der Waals surface area contributed by atoms with Crippen molar-refractivity contribution >= 4 is 52.2 Å². The fourth-order valence-corrected chi connectivity index (χ4v) is 8.26. The largest absolute Gasteiger partial charge is 0.464 e. The van der Waals surface area contributed by atoms with E-state index in [2.05, 4.69) is 35.3 Å². The fourth-order valence-electron chi connectivity index (χ4n) is 6.54. The molecule has 356 valence electrons. The molecule has 2 rings (SSSR count). The van der Waals surface area contributed by atoms with Gasteiger partial charge in [0, 0.05) is 63.9 Å². The Morgan fingerprint density at radius 3 is 1.60 bits per heavy atom. The lowest BCUT2D eigenvalue weighted by Gasteiger charge is -2.38. The van der Waals surface area contributed by atoms with E-state index in [1.165, 1.54) is 36.9 Å². The van der Waals surface area contributed by atoms with E-state index in [1.54, 1.807) is 15.7 Å². The maximum Gasteiger partial charge on any atom is 0.357 e. The van der Waals surface area contributed by atoms with Crippen LogP contribution in [0.15, 0.2) is 21.0 Å². The van der Waals surface area contributed by atoms with E-state index in [0.29, 0.717) is 31.4 Å². The summed E-state index contributed by atoms with van der Waals surface area (Å²) in [5.74, 6) is -1.15. The quantitative estimate of drug-likeness (QED) is 0.0430. The van der Waals surface area contributed by atoms with Crippen LogP contribution in [0.1, 0.15) is 179 Å². The number of amides is 2. The molecule has 0 aromatic carbocycles. The van der Waals surface area contributed by atoms with Gasteiger partial charge in [-0.3, -0.25) is 14.4 Å². The Bertz CT molecular complexity index is 1810. The molecule has 2 heterocycles. The van der Waals surface area contributed by atoms with Crippen molar-refractivity contribution in [2.75, 3.05) is 20.8 Å². The molecule has 8 atom stereocenters. The highest BCUT2D eigenvalue weighted by atomic mass is 32.1. The molecule has 1 unspecified atom stereocenters. The second-order valence-electron chi connectivity index (χ2n) is 16.2. The van der Waals surface area contributed by atoms with E-state index in [1.807, 2.05) is 76.2 Å². The summed E-state index contributed by atoms with van der Waals surface area (Å²) in [6.07, 6.45) is 4.21. The first-order valence-electron chi connectivity index (χ1n) is 21.1. The Labute approximate surface area is 384 Å². The van der Waals surface area contributed by atoms with E-state index in [0.717, 1.165) is 22.9 Å². The minimum absolute atomic E-state index is 0. The number of aromatic nitrogens is 2. The minimum Gasteiger partial charge on any atom is -0.464 e. The van der Waals surface area contributed by atoms with Crippen LogP contribution in [0.25, 0.3) is 20.9 Å². The van der Waals surface area contributed by atoms with Crippen LogP contribution in [-0.2, 0) is 23.9 Å². The minimum atomic E-state index is -0.821. The van der Waals surface area contributed by atoms with Gasteiger partial charge in [-0.15, -0.1) is 22.7 Å². The molecule has 1 N–H and O–H groups in total. The summed E-state index contributed by atoms with van der Waals surface area (Å²) in [6.45, 7) is 22.1. The van der Waals surface area contributed by atoms with Crippen LogP contribution in [-0.4, -0.2) is 89.3 Å². The number of carbonyl (C=O) groups is 5. The maximum atomic E-state index is 13.7. The number of nitrogens with zero attached hydrogens (tertiary/aromatic N) is 9. The number of Topliss-reactive ketones (excluding diaryl/α,β-unsaturated/α-hetero) is 1. The van der Waals surface area contributed by atoms with Gasteiger partial charge in [0.1, 0.15) is 17.9 Å². The molecule has 0 aliphatic heterocycles. The van der Waals surface area contributed by atoms with Gasteiger partial charge < -0.3 is 19.7 Å². The third-order valence-corrected chi connectivity index (χ3v) is 13.0. The number of azide groups is 2. The molecular formula is C44H76N10O7S2. The number of carbonyl (C=O) groups excluding carboxylic acids is 5. The summed E-state index contributed by atoms with van der Waals surface area (Å²) in [4.78, 5) is 78.3. The highest BCUT2D eigenvalue weighted by molar-refractivity contribution is 7.10. The zero-order chi connectivity index (χ0) is 46.4. The van der Waals surface area contributed by atoms with E-state index in [-0.39, 0.29) is 98.7 Å². The van der Waals surface area contributed by atoms with Gasteiger partial charge in [0.05, 0.1) is 24.2 Å². The van der Waals surface area contributed by atoms with Gasteiger partial charge >= 0.3 is 11.9 Å². The molecule has 0 radical (unpaired) electrons. The summed E-state index contributed by atoms with van der Waals surface area (Å²) in [6, 6.07) is -1.83. The Hall–Kier alpha value is -4.57. The van der Waals surface area contributed by atoms with Gasteiger partial charge in [-0.05, 0) is 54.0 Å². The predicted octanol–water partition coefficient (Wildman–Crippen LogP) is 11.3. The molecule has 19 heteroatoms. The Balaban J connectivity index is 0. The number of esters is 2. The SMILES string of the molecule is C.C.CCCC(=O)CCN(C(=O)C(N=[N+]=[N-])[C@@H](C)CC)[C@H](C[C@@H](C)c1nc(C(=O)OC)cs1)C(C)C.CC[C@H](C)[C@H](N=[N+]=[N-])C(=O)N[C@H](C[C@@H](C)c1nc(C(=O)OC)cs1)C(C)C. The van der Waals surface area contributed by atoms with Crippen molar-refractivity contribution in [1.29, 1.82) is 0 Å². The zero-order valence-corrected chi connectivity index (χ0v) is 39.9. The second kappa shape index (κ2) is 31.3. The van der Waals surface area contributed by atoms with Crippen LogP contribution in [0.3, 0.4) is 0 Å². The molecule has 2 amide bonds. The molecule has 17 nitrogen and oxygen atoms in total. The smallest absolute Gasteiger partial charge is 0.357 e. The molecule has 0 fully saturated rings. The summed E-state index contributed by atoms with van der Waals surface area (Å²) in [5, 5.41) is 15.5. The van der Waals surface area contributed by atoms with Crippen LogP contribution >= 0.6 is 22.7 Å². The Kier molecular flexibility index (Phi) is 30.1. The van der Waals surface area contributed by atoms with Gasteiger partial charge in [0.2, 0.25) is 11.8 Å². The number of thiazole rings is 2. The number of rotatable bonds is 25. The fraction of sp³-hybridized carbons (Fsp3) is 0.750. The first-order chi connectivity index (χ1) is 28.8. The molecule has 0 spiro atoms. The first-order valence-corrected chi connectivity index (χ1v) is 22.9. The number of ether oxygens (including phenoxy) is 2. The molecule has 0 aliphatic carbocycles. The van der Waals surface area contributed by atoms with Gasteiger partial charge in [-0.1, -0.05) is 114 Å². The molecule has 63 heavy (non-hydrogen) atoms. The third-order valence-electron chi connectivity index (χ3n) is 10.9. The standard InChI is InChI=1S/C24H39N5O4S.C18H29N5O3S.2CH4/c1-8-10-18(30)11-12-29(23(31)21(27-28-25)16(5)9-2)20(15(3)4)13-17(6)22-26-19(14-34-22)24(32)33-7;1-7-11(4)15(22-23-19)16(24)20-13(10(2)3)8-12(5)17-21-14(9-27-17)18(25)26-6;;/h14-17,20-21H,8-13H2,1-7H3;9-13,15H,7-8H2,1-6H3,(H,20,24);2*1H4/t16-,17+,20+,21?;11-,12+,13+,15-;;/m00../s1. The van der Waals surface area contributed by atoms with Gasteiger partial charge in [0.15, 0.2) is 11.4 Å². The summed E-state index contributed by atoms with van der Waals surface area (Å²) >= 11 is 2.79. The topological polar surface area (TPSA) is 242 Å². The van der Waals surface area contributed by atoms with Crippen molar-refractivity contribution in [3.63, 3.8) is 0 Å². The summed E-state index contributed by atoms with van der Waals surface area (Å²) in [7, 11) is 2.65. The number of hydrogen-bond donors (Lipinski definition) is 1. The summed E-state index contributed by atoms with van der Waals surface area (Å²) < 4.78 is 9.45. The summed E-state index contributed by atoms with van der Waals surface area (Å²) in [5.41, 5.74) is 18.4. The van der Waals surface area contributed by atoms with Crippen LogP contribution in [0.5, 0.6) is 0 Å². The van der Waals surface area contributed by atoms with Crippen molar-refractivity contribution in [3.05, 3.63) is 53.0 Å². The highest BCUT2D eigenvalue weighted by Crippen LogP contribution is 2.31. The van der Waals surface area contributed by atoms with Crippen molar-refractivity contribution in [1.82, 2.24) is 20.2 Å². The molecule has 0 saturated carbocycles. The molecule has 0 aliphatic rings.